The zero-order valence-corrected chi connectivity index (χ0v) is 28.1. The number of hydrogen-bond acceptors (Lipinski definition) is 3. The molecule has 0 fully saturated rings. The van der Waals surface area contributed by atoms with Gasteiger partial charge < -0.3 is 0 Å². The Balaban J connectivity index is 1.12. The van der Waals surface area contributed by atoms with Gasteiger partial charge in [-0.1, -0.05) is 135 Å². The van der Waals surface area contributed by atoms with E-state index in [0.29, 0.717) is 0 Å². The van der Waals surface area contributed by atoms with Gasteiger partial charge in [-0.2, -0.15) is 0 Å². The number of pyridine rings is 3. The predicted molar refractivity (Wildman–Crippen MR) is 207 cm³/mol. The quantitative estimate of drug-likeness (QED) is 0.144. The summed E-state index contributed by atoms with van der Waals surface area (Å²) in [4.78, 5) is 15.1. The molecule has 0 aliphatic heterocycles. The Labute approximate surface area is 286 Å². The Hall–Kier alpha value is -5.93. The maximum absolute atomic E-state index is 5.42. The van der Waals surface area contributed by atoms with Gasteiger partial charge in [0.15, 0.2) is 0 Å². The van der Waals surface area contributed by atoms with Crippen LogP contribution in [0.4, 0.5) is 0 Å². The first kappa shape index (κ1) is 29.2. The highest BCUT2D eigenvalue weighted by molar-refractivity contribution is 6.11. The lowest BCUT2D eigenvalue weighted by Gasteiger charge is -2.25. The molecule has 3 nitrogen and oxygen atoms in total. The summed E-state index contributed by atoms with van der Waals surface area (Å²) >= 11 is 0. The molecule has 0 unspecified atom stereocenters. The van der Waals surface area contributed by atoms with Crippen LogP contribution in [0.5, 0.6) is 0 Å². The fourth-order valence-corrected chi connectivity index (χ4v) is 7.80. The Morgan fingerprint density at radius 2 is 1.27 bits per heavy atom. The first-order valence-corrected chi connectivity index (χ1v) is 17.0. The van der Waals surface area contributed by atoms with Gasteiger partial charge in [-0.15, -0.1) is 0 Å². The molecular formula is C46H35N3. The Bertz CT molecular complexity index is 2690. The van der Waals surface area contributed by atoms with Crippen LogP contribution in [0.1, 0.15) is 49.9 Å². The minimum atomic E-state index is -0.170. The van der Waals surface area contributed by atoms with Crippen molar-refractivity contribution in [2.24, 2.45) is 0 Å². The summed E-state index contributed by atoms with van der Waals surface area (Å²) in [6, 6.07) is 43.1. The lowest BCUT2D eigenvalue weighted by Crippen LogP contribution is -2.17. The van der Waals surface area contributed by atoms with Crippen molar-refractivity contribution in [2.45, 2.75) is 33.1 Å². The SMILES string of the molecule is C/C(=C\C=C(/C)c1c2c(nc3c1ccc1ccccc13)-c1ccccc1C2(C)C)c1ccc(-c2ccc3ccc4cccnc4c3n2)cc1. The summed E-state index contributed by atoms with van der Waals surface area (Å²) < 4.78 is 0. The van der Waals surface area contributed by atoms with E-state index in [-0.39, 0.29) is 5.41 Å². The van der Waals surface area contributed by atoms with E-state index >= 15 is 0 Å². The summed E-state index contributed by atoms with van der Waals surface area (Å²) in [7, 11) is 0. The van der Waals surface area contributed by atoms with Gasteiger partial charge in [-0.05, 0) is 64.8 Å². The highest BCUT2D eigenvalue weighted by Gasteiger charge is 2.39. The topological polar surface area (TPSA) is 38.7 Å². The summed E-state index contributed by atoms with van der Waals surface area (Å²) in [5, 5.41) is 5.80. The second-order valence-electron chi connectivity index (χ2n) is 13.7. The molecule has 5 aromatic carbocycles. The smallest absolute Gasteiger partial charge is 0.0972 e. The van der Waals surface area contributed by atoms with Crippen LogP contribution in [0.15, 0.2) is 140 Å². The number of benzene rings is 5. The standard InChI is InChI=1S/C46H35N3/c1-28(30-17-19-32(20-18-30)39-26-24-34-22-21-33-11-9-27-47-42(33)43(34)48-39)15-16-29(2)40-37-25-23-31-10-5-6-12-35(31)44(37)49-45-36-13-7-8-14-38(36)46(3,4)41(40)45/h5-27H,1-4H3/b28-15+,29-16+. The van der Waals surface area contributed by atoms with Crippen LogP contribution in [0.3, 0.4) is 0 Å². The fourth-order valence-electron chi connectivity index (χ4n) is 7.80. The third-order valence-electron chi connectivity index (χ3n) is 10.4. The molecule has 0 radical (unpaired) electrons. The first-order valence-electron chi connectivity index (χ1n) is 17.0. The lowest BCUT2D eigenvalue weighted by atomic mass is 9.78. The van der Waals surface area contributed by atoms with E-state index in [1.54, 1.807) is 0 Å². The maximum Gasteiger partial charge on any atom is 0.0972 e. The first-order chi connectivity index (χ1) is 23.9. The molecule has 49 heavy (non-hydrogen) atoms. The van der Waals surface area contributed by atoms with Crippen LogP contribution in [-0.2, 0) is 5.41 Å². The van der Waals surface area contributed by atoms with Crippen molar-refractivity contribution in [3.63, 3.8) is 0 Å². The molecule has 0 amide bonds. The third-order valence-corrected chi connectivity index (χ3v) is 10.4. The normalized spacial score (nSPS) is 14.1. The van der Waals surface area contributed by atoms with E-state index in [1.807, 2.05) is 12.3 Å². The van der Waals surface area contributed by atoms with Gasteiger partial charge in [0.05, 0.1) is 27.9 Å². The van der Waals surface area contributed by atoms with Crippen molar-refractivity contribution in [1.82, 2.24) is 15.0 Å². The molecule has 0 atom stereocenters. The molecule has 9 rings (SSSR count). The van der Waals surface area contributed by atoms with Crippen LogP contribution in [0.2, 0.25) is 0 Å². The highest BCUT2D eigenvalue weighted by atomic mass is 14.8. The van der Waals surface area contributed by atoms with Crippen LogP contribution in [0.25, 0.3) is 77.1 Å². The monoisotopic (exact) mass is 629 g/mol. The van der Waals surface area contributed by atoms with Crippen molar-refractivity contribution >= 4 is 54.6 Å². The van der Waals surface area contributed by atoms with E-state index in [0.717, 1.165) is 44.3 Å². The van der Waals surface area contributed by atoms with Gasteiger partial charge in [-0.25, -0.2) is 9.97 Å². The number of fused-ring (bicyclic) bond motifs is 9. The number of allylic oxidation sites excluding steroid dienone is 4. The Kier molecular flexibility index (Phi) is 6.60. The molecule has 0 saturated heterocycles. The molecule has 8 aromatic rings. The van der Waals surface area contributed by atoms with Crippen LogP contribution < -0.4 is 0 Å². The molecule has 1 aliphatic carbocycles. The van der Waals surface area contributed by atoms with Crippen molar-refractivity contribution < 1.29 is 0 Å². The molecule has 3 heterocycles. The summed E-state index contributed by atoms with van der Waals surface area (Å²) in [6.07, 6.45) is 6.38. The molecule has 1 aliphatic rings. The van der Waals surface area contributed by atoms with Gasteiger partial charge in [0.1, 0.15) is 0 Å². The van der Waals surface area contributed by atoms with Crippen LogP contribution in [0, 0.1) is 0 Å². The van der Waals surface area contributed by atoms with E-state index in [1.165, 1.54) is 55.1 Å². The average molecular weight is 630 g/mol. The van der Waals surface area contributed by atoms with Gasteiger partial charge in [0, 0.05) is 44.3 Å². The van der Waals surface area contributed by atoms with Gasteiger partial charge >= 0.3 is 0 Å². The minimum Gasteiger partial charge on any atom is -0.254 e. The largest absolute Gasteiger partial charge is 0.254 e. The number of aromatic nitrogens is 3. The Morgan fingerprint density at radius 1 is 0.571 bits per heavy atom. The van der Waals surface area contributed by atoms with E-state index in [2.05, 4.69) is 160 Å². The minimum absolute atomic E-state index is 0.170. The second-order valence-corrected chi connectivity index (χ2v) is 13.7. The molecular weight excluding hydrogens is 595 g/mol. The van der Waals surface area contributed by atoms with Crippen molar-refractivity contribution in [3.05, 3.63) is 162 Å². The molecule has 234 valence electrons. The lowest BCUT2D eigenvalue weighted by molar-refractivity contribution is 0.658. The van der Waals surface area contributed by atoms with Crippen molar-refractivity contribution in [1.29, 1.82) is 0 Å². The van der Waals surface area contributed by atoms with Crippen molar-refractivity contribution in [3.8, 4) is 22.5 Å². The van der Waals surface area contributed by atoms with E-state index in [9.17, 15) is 0 Å². The maximum atomic E-state index is 5.42. The zero-order chi connectivity index (χ0) is 33.3. The van der Waals surface area contributed by atoms with Gasteiger partial charge in [-0.3, -0.25) is 4.98 Å². The van der Waals surface area contributed by atoms with Crippen molar-refractivity contribution in [2.75, 3.05) is 0 Å². The predicted octanol–water partition coefficient (Wildman–Crippen LogP) is 12.0. The number of hydrogen-bond donors (Lipinski definition) is 0. The number of nitrogens with zero attached hydrogens (tertiary/aromatic N) is 3. The fraction of sp³-hybridized carbons (Fsp3) is 0.109. The molecule has 3 heteroatoms. The zero-order valence-electron chi connectivity index (χ0n) is 28.1. The second kappa shape index (κ2) is 11.1. The highest BCUT2D eigenvalue weighted by Crippen LogP contribution is 2.52. The Morgan fingerprint density at radius 3 is 2.12 bits per heavy atom. The summed E-state index contributed by atoms with van der Waals surface area (Å²) in [6.45, 7) is 9.12. The van der Waals surface area contributed by atoms with Crippen LogP contribution >= 0.6 is 0 Å². The van der Waals surface area contributed by atoms with E-state index in [4.69, 9.17) is 9.97 Å². The molecule has 0 spiro atoms. The summed E-state index contributed by atoms with van der Waals surface area (Å²) in [5.41, 5.74) is 14.7. The molecule has 3 aromatic heterocycles. The van der Waals surface area contributed by atoms with E-state index < -0.39 is 0 Å². The van der Waals surface area contributed by atoms with Crippen LogP contribution in [-0.4, -0.2) is 15.0 Å². The summed E-state index contributed by atoms with van der Waals surface area (Å²) in [5.74, 6) is 0. The molecule has 0 bridgehead atoms. The van der Waals surface area contributed by atoms with Gasteiger partial charge in [0.2, 0.25) is 0 Å². The molecule has 0 N–H and O–H groups in total. The third kappa shape index (κ3) is 4.61. The van der Waals surface area contributed by atoms with Gasteiger partial charge in [0.25, 0.3) is 0 Å². The average Bonchev–Trinajstić information content (AvgIpc) is 3.38. The molecule has 0 saturated carbocycles. The number of rotatable bonds is 4.